The molecule has 17 heavy (non-hydrogen) atoms. The molecule has 4 nitrogen and oxygen atoms in total. The molecule has 0 aliphatic heterocycles. The standard InChI is InChI=1S/C10H10BrF2NO3/c1-14(16-2)9(15)6-3-4-8(7(11)5-6)17-10(12)13/h3-5,10H,1-2H3. The van der Waals surface area contributed by atoms with E-state index in [4.69, 9.17) is 4.84 Å². The fraction of sp³-hybridized carbons (Fsp3) is 0.300. The zero-order valence-corrected chi connectivity index (χ0v) is 10.7. The van der Waals surface area contributed by atoms with E-state index in [2.05, 4.69) is 20.7 Å². The first-order valence-electron chi connectivity index (χ1n) is 4.52. The lowest BCUT2D eigenvalue weighted by molar-refractivity contribution is -0.0757. The van der Waals surface area contributed by atoms with E-state index in [1.807, 2.05) is 0 Å². The Bertz CT molecular complexity index is 415. The highest BCUT2D eigenvalue weighted by Gasteiger charge is 2.14. The first-order valence-corrected chi connectivity index (χ1v) is 5.31. The molecule has 0 atom stereocenters. The van der Waals surface area contributed by atoms with Crippen molar-refractivity contribution >= 4 is 21.8 Å². The van der Waals surface area contributed by atoms with E-state index in [0.717, 1.165) is 5.06 Å². The molecule has 0 unspecified atom stereocenters. The Labute approximate surface area is 105 Å². The van der Waals surface area contributed by atoms with Gasteiger partial charge in [-0.05, 0) is 34.1 Å². The van der Waals surface area contributed by atoms with Gasteiger partial charge in [-0.25, -0.2) is 5.06 Å². The molecule has 0 aliphatic carbocycles. The van der Waals surface area contributed by atoms with Crippen molar-refractivity contribution in [3.63, 3.8) is 0 Å². The van der Waals surface area contributed by atoms with E-state index < -0.39 is 12.5 Å². The summed E-state index contributed by atoms with van der Waals surface area (Å²) in [4.78, 5) is 16.4. The number of benzene rings is 1. The number of ether oxygens (including phenoxy) is 1. The molecule has 1 aromatic carbocycles. The van der Waals surface area contributed by atoms with Crippen LogP contribution in [0, 0.1) is 0 Å². The van der Waals surface area contributed by atoms with Gasteiger partial charge in [-0.1, -0.05) is 0 Å². The Morgan fingerprint density at radius 3 is 2.59 bits per heavy atom. The molecule has 0 fully saturated rings. The Kier molecular flexibility index (Phi) is 4.83. The van der Waals surface area contributed by atoms with Gasteiger partial charge in [0.05, 0.1) is 11.6 Å². The van der Waals surface area contributed by atoms with Gasteiger partial charge in [0.1, 0.15) is 5.75 Å². The van der Waals surface area contributed by atoms with Gasteiger partial charge < -0.3 is 4.74 Å². The highest BCUT2D eigenvalue weighted by Crippen LogP contribution is 2.27. The SMILES string of the molecule is CON(C)C(=O)c1ccc(OC(F)F)c(Br)c1. The lowest BCUT2D eigenvalue weighted by Gasteiger charge is -2.14. The lowest BCUT2D eigenvalue weighted by Crippen LogP contribution is -2.25. The minimum Gasteiger partial charge on any atom is -0.434 e. The number of nitrogens with zero attached hydrogens (tertiary/aromatic N) is 1. The zero-order chi connectivity index (χ0) is 13.0. The van der Waals surface area contributed by atoms with E-state index >= 15 is 0 Å². The summed E-state index contributed by atoms with van der Waals surface area (Å²) in [5.41, 5.74) is 0.294. The quantitative estimate of drug-likeness (QED) is 0.803. The molecular weight excluding hydrogens is 300 g/mol. The number of rotatable bonds is 4. The third-order valence-corrected chi connectivity index (χ3v) is 2.57. The van der Waals surface area contributed by atoms with Gasteiger partial charge in [0.2, 0.25) is 0 Å². The monoisotopic (exact) mass is 309 g/mol. The predicted octanol–water partition coefficient (Wildman–Crippen LogP) is 2.68. The van der Waals surface area contributed by atoms with Crippen LogP contribution < -0.4 is 4.74 Å². The average molecular weight is 310 g/mol. The number of hydroxylamine groups is 2. The van der Waals surface area contributed by atoms with Crippen molar-refractivity contribution in [3.8, 4) is 5.75 Å². The third-order valence-electron chi connectivity index (χ3n) is 1.95. The normalized spacial score (nSPS) is 10.5. The maximum Gasteiger partial charge on any atom is 0.387 e. The predicted molar refractivity (Wildman–Crippen MR) is 59.9 cm³/mol. The highest BCUT2D eigenvalue weighted by atomic mass is 79.9. The summed E-state index contributed by atoms with van der Waals surface area (Å²) >= 11 is 3.05. The lowest BCUT2D eigenvalue weighted by atomic mass is 10.2. The molecule has 0 saturated heterocycles. The van der Waals surface area contributed by atoms with Crippen molar-refractivity contribution in [3.05, 3.63) is 28.2 Å². The van der Waals surface area contributed by atoms with Crippen LogP contribution in [-0.4, -0.2) is 31.7 Å². The van der Waals surface area contributed by atoms with Crippen molar-refractivity contribution in [2.45, 2.75) is 6.61 Å². The maximum atomic E-state index is 12.0. The van der Waals surface area contributed by atoms with Crippen molar-refractivity contribution in [1.82, 2.24) is 5.06 Å². The molecule has 1 amide bonds. The Hall–Kier alpha value is -1.21. The first kappa shape index (κ1) is 13.9. The summed E-state index contributed by atoms with van der Waals surface area (Å²) in [6, 6.07) is 4.04. The van der Waals surface area contributed by atoms with Crippen LogP contribution in [0.25, 0.3) is 0 Å². The molecule has 94 valence electrons. The van der Waals surface area contributed by atoms with Crippen LogP contribution >= 0.6 is 15.9 Å². The fourth-order valence-electron chi connectivity index (χ4n) is 1.09. The smallest absolute Gasteiger partial charge is 0.387 e. The summed E-state index contributed by atoms with van der Waals surface area (Å²) in [6.45, 7) is -2.91. The number of halogens is 3. The molecule has 0 heterocycles. The van der Waals surface area contributed by atoms with Gasteiger partial charge in [0.25, 0.3) is 5.91 Å². The second kappa shape index (κ2) is 5.92. The van der Waals surface area contributed by atoms with Crippen LogP contribution in [0.15, 0.2) is 22.7 Å². The molecule has 0 bridgehead atoms. The number of alkyl halides is 2. The second-order valence-corrected chi connectivity index (χ2v) is 3.86. The van der Waals surface area contributed by atoms with Crippen LogP contribution in [0.2, 0.25) is 0 Å². The Morgan fingerprint density at radius 2 is 2.12 bits per heavy atom. The topological polar surface area (TPSA) is 38.8 Å². The number of carbonyl (C=O) groups excluding carboxylic acids is 1. The van der Waals surface area contributed by atoms with Crippen LogP contribution in [-0.2, 0) is 4.84 Å². The van der Waals surface area contributed by atoms with Crippen LogP contribution in [0.4, 0.5) is 8.78 Å². The van der Waals surface area contributed by atoms with Crippen LogP contribution in [0.5, 0.6) is 5.75 Å². The number of amides is 1. The molecule has 1 rings (SSSR count). The molecule has 0 N–H and O–H groups in total. The average Bonchev–Trinajstić information content (AvgIpc) is 2.29. The molecule has 0 radical (unpaired) electrons. The number of hydrogen-bond acceptors (Lipinski definition) is 3. The minimum atomic E-state index is -2.91. The van der Waals surface area contributed by atoms with Crippen LogP contribution in [0.1, 0.15) is 10.4 Å². The van der Waals surface area contributed by atoms with Gasteiger partial charge in [-0.3, -0.25) is 9.63 Å². The third kappa shape index (κ3) is 3.64. The van der Waals surface area contributed by atoms with Crippen LogP contribution in [0.3, 0.4) is 0 Å². The van der Waals surface area contributed by atoms with Crippen molar-refractivity contribution in [2.75, 3.05) is 14.2 Å². The van der Waals surface area contributed by atoms with Crippen molar-refractivity contribution in [1.29, 1.82) is 0 Å². The summed E-state index contributed by atoms with van der Waals surface area (Å²) in [7, 11) is 2.79. The molecule has 0 spiro atoms. The van der Waals surface area contributed by atoms with E-state index in [0.29, 0.717) is 5.56 Å². The first-order chi connectivity index (χ1) is 7.95. The van der Waals surface area contributed by atoms with E-state index in [9.17, 15) is 13.6 Å². The Morgan fingerprint density at radius 1 is 1.47 bits per heavy atom. The highest BCUT2D eigenvalue weighted by molar-refractivity contribution is 9.10. The summed E-state index contributed by atoms with van der Waals surface area (Å²) in [5.74, 6) is -0.423. The molecule has 0 aromatic heterocycles. The largest absolute Gasteiger partial charge is 0.434 e. The van der Waals surface area contributed by atoms with Gasteiger partial charge in [0.15, 0.2) is 0 Å². The summed E-state index contributed by atoms with van der Waals surface area (Å²) in [6.07, 6.45) is 0. The summed E-state index contributed by atoms with van der Waals surface area (Å²) in [5, 5.41) is 1.02. The van der Waals surface area contributed by atoms with E-state index in [1.165, 1.54) is 32.4 Å². The van der Waals surface area contributed by atoms with Crippen molar-refractivity contribution < 1.29 is 23.1 Å². The molecule has 0 saturated carbocycles. The van der Waals surface area contributed by atoms with E-state index in [-0.39, 0.29) is 10.2 Å². The minimum absolute atomic E-state index is 0.0309. The molecule has 1 aromatic rings. The van der Waals surface area contributed by atoms with E-state index in [1.54, 1.807) is 0 Å². The summed E-state index contributed by atoms with van der Waals surface area (Å²) < 4.78 is 28.5. The van der Waals surface area contributed by atoms with Gasteiger partial charge >= 0.3 is 6.61 Å². The van der Waals surface area contributed by atoms with Crippen molar-refractivity contribution in [2.24, 2.45) is 0 Å². The molecular formula is C10H10BrF2NO3. The maximum absolute atomic E-state index is 12.0. The Balaban J connectivity index is 2.92. The second-order valence-electron chi connectivity index (χ2n) is 3.01. The number of carbonyl (C=O) groups is 1. The van der Waals surface area contributed by atoms with Gasteiger partial charge in [-0.2, -0.15) is 8.78 Å². The fourth-order valence-corrected chi connectivity index (χ4v) is 1.56. The molecule has 7 heteroatoms. The molecule has 0 aliphatic rings. The van der Waals surface area contributed by atoms with Gasteiger partial charge in [0, 0.05) is 12.6 Å². The van der Waals surface area contributed by atoms with Gasteiger partial charge in [-0.15, -0.1) is 0 Å². The number of hydrogen-bond donors (Lipinski definition) is 0. The zero-order valence-electron chi connectivity index (χ0n) is 9.12.